The first-order chi connectivity index (χ1) is 16.3. The summed E-state index contributed by atoms with van der Waals surface area (Å²) in [4.78, 5) is 8.55. The number of anilines is 3. The van der Waals surface area contributed by atoms with Crippen LogP contribution in [0.4, 0.5) is 30.5 Å². The zero-order chi connectivity index (χ0) is 24.4. The van der Waals surface area contributed by atoms with Gasteiger partial charge in [0, 0.05) is 23.3 Å². The minimum Gasteiger partial charge on any atom is -0.488 e. The van der Waals surface area contributed by atoms with Gasteiger partial charge in [-0.1, -0.05) is 0 Å². The Bertz CT molecular complexity index is 1390. The molecule has 0 fully saturated rings. The predicted octanol–water partition coefficient (Wildman–Crippen LogP) is 3.06. The number of pyridine rings is 1. The van der Waals surface area contributed by atoms with E-state index in [-0.39, 0.29) is 52.3 Å². The first-order valence-corrected chi connectivity index (χ1v) is 9.66. The molecule has 4 rings (SSSR count). The van der Waals surface area contributed by atoms with Crippen LogP contribution in [0.25, 0.3) is 0 Å². The van der Waals surface area contributed by atoms with E-state index < -0.39 is 23.5 Å². The second kappa shape index (κ2) is 8.88. The molecular weight excluding hydrogens is 449 g/mol. The van der Waals surface area contributed by atoms with Gasteiger partial charge in [-0.25, -0.2) is 23.1 Å². The van der Waals surface area contributed by atoms with Gasteiger partial charge in [-0.15, -0.1) is 0 Å². The van der Waals surface area contributed by atoms with Gasteiger partial charge in [0.05, 0.1) is 5.69 Å². The highest BCUT2D eigenvalue weighted by atomic mass is 19.1. The molecule has 0 aliphatic carbocycles. The minimum atomic E-state index is -0.993. The molecule has 0 amide bonds. The fourth-order valence-electron chi connectivity index (χ4n) is 3.52. The van der Waals surface area contributed by atoms with Gasteiger partial charge in [-0.2, -0.15) is 10.5 Å². The number of hydrogen-bond donors (Lipinski definition) is 4. The zero-order valence-corrected chi connectivity index (χ0v) is 17.2. The molecule has 2 aromatic carbocycles. The Hall–Kier alpha value is -4.97. The number of nitrogens with two attached hydrogens (primary N) is 2. The van der Waals surface area contributed by atoms with Crippen LogP contribution >= 0.6 is 0 Å². The number of nitrogens with one attached hydrogen (secondary N) is 2. The predicted molar refractivity (Wildman–Crippen MR) is 117 cm³/mol. The smallest absolute Gasteiger partial charge is 0.211 e. The maximum Gasteiger partial charge on any atom is 0.211 e. The third-order valence-corrected chi connectivity index (χ3v) is 4.94. The number of ether oxygens (including phenoxy) is 1. The van der Waals surface area contributed by atoms with Crippen molar-refractivity contribution in [3.05, 3.63) is 76.1 Å². The number of aliphatic imine (C=N–C) groups is 1. The van der Waals surface area contributed by atoms with Crippen molar-refractivity contribution in [1.82, 2.24) is 10.3 Å². The summed E-state index contributed by atoms with van der Waals surface area (Å²) in [7, 11) is 0. The molecule has 1 unspecified atom stereocenters. The summed E-state index contributed by atoms with van der Waals surface area (Å²) in [6, 6.07) is 7.39. The molecule has 0 radical (unpaired) electrons. The molecule has 0 bridgehead atoms. The van der Waals surface area contributed by atoms with Gasteiger partial charge in [0.25, 0.3) is 0 Å². The molecule has 6 N–H and O–H groups in total. The molecule has 2 heterocycles. The van der Waals surface area contributed by atoms with E-state index in [1.165, 1.54) is 6.07 Å². The van der Waals surface area contributed by atoms with Crippen LogP contribution in [0.1, 0.15) is 28.3 Å². The molecule has 1 atom stereocenters. The van der Waals surface area contributed by atoms with E-state index in [1.807, 2.05) is 6.07 Å². The van der Waals surface area contributed by atoms with Crippen molar-refractivity contribution in [2.45, 2.75) is 12.6 Å². The van der Waals surface area contributed by atoms with E-state index in [2.05, 4.69) is 20.6 Å². The maximum atomic E-state index is 14.1. The van der Waals surface area contributed by atoms with Crippen LogP contribution in [0.5, 0.6) is 5.75 Å². The zero-order valence-electron chi connectivity index (χ0n) is 17.2. The molecule has 34 heavy (non-hydrogen) atoms. The van der Waals surface area contributed by atoms with E-state index >= 15 is 0 Å². The number of guanidine groups is 1. The van der Waals surface area contributed by atoms with Crippen molar-refractivity contribution < 1.29 is 17.9 Å². The molecule has 1 aromatic heterocycles. The summed E-state index contributed by atoms with van der Waals surface area (Å²) in [5.74, 6) is -2.22. The van der Waals surface area contributed by atoms with Crippen LogP contribution in [0.2, 0.25) is 0 Å². The Morgan fingerprint density at radius 2 is 1.79 bits per heavy atom. The Labute approximate surface area is 191 Å². The second-order valence-electron chi connectivity index (χ2n) is 7.15. The number of fused-ring (bicyclic) bond motifs is 1. The maximum absolute atomic E-state index is 14.1. The Morgan fingerprint density at radius 1 is 1.06 bits per heavy atom. The Morgan fingerprint density at radius 3 is 2.47 bits per heavy atom. The number of hydrogen-bond acceptors (Lipinski definition) is 9. The van der Waals surface area contributed by atoms with E-state index in [0.29, 0.717) is 5.56 Å². The minimum absolute atomic E-state index is 0.00140. The van der Waals surface area contributed by atoms with Crippen molar-refractivity contribution in [2.75, 3.05) is 16.8 Å². The molecule has 170 valence electrons. The van der Waals surface area contributed by atoms with Crippen LogP contribution < -0.4 is 26.8 Å². The fourth-order valence-corrected chi connectivity index (χ4v) is 3.52. The summed E-state index contributed by atoms with van der Waals surface area (Å²) in [6.07, 6.45) is 1.72. The van der Waals surface area contributed by atoms with Gasteiger partial charge in [-0.05, 0) is 29.8 Å². The summed E-state index contributed by atoms with van der Waals surface area (Å²) >= 11 is 0. The van der Waals surface area contributed by atoms with Gasteiger partial charge in [0.1, 0.15) is 59.1 Å². The third-order valence-electron chi connectivity index (χ3n) is 4.94. The summed E-state index contributed by atoms with van der Waals surface area (Å²) in [5, 5.41) is 23.6. The van der Waals surface area contributed by atoms with E-state index in [4.69, 9.17) is 21.5 Å². The highest BCUT2D eigenvalue weighted by Crippen LogP contribution is 2.43. The summed E-state index contributed by atoms with van der Waals surface area (Å²) in [6.45, 7) is -0.283. The first-order valence-electron chi connectivity index (χ1n) is 9.66. The normalized spacial score (nSPS) is 14.1. The number of benzene rings is 2. The highest BCUT2D eigenvalue weighted by molar-refractivity contribution is 5.98. The van der Waals surface area contributed by atoms with Crippen LogP contribution in [0.3, 0.4) is 0 Å². The molecule has 1 aliphatic heterocycles. The van der Waals surface area contributed by atoms with Crippen molar-refractivity contribution in [3.8, 4) is 18.0 Å². The second-order valence-corrected chi connectivity index (χ2v) is 7.15. The first kappa shape index (κ1) is 22.2. The average Bonchev–Trinajstić information content (AvgIpc) is 2.77. The van der Waals surface area contributed by atoms with Gasteiger partial charge in [0.15, 0.2) is 6.19 Å². The molecule has 0 saturated heterocycles. The standard InChI is InChI=1S/C22H15F3N8O/c23-11-1-2-14(16(6-11)34-8-10-3-12(24)5-13(25)4-10)19-17-18(28)15(7-26)20(29)32-21(17)33-22(31-19)30-9-27/h1-6,19H,8H2,(H6,28,29,30,31,32,33). The molecule has 0 spiro atoms. The highest BCUT2D eigenvalue weighted by Gasteiger charge is 2.31. The Balaban J connectivity index is 1.82. The number of nitrogens with zero attached hydrogens (tertiary/aromatic N) is 4. The van der Waals surface area contributed by atoms with Crippen molar-refractivity contribution in [3.63, 3.8) is 0 Å². The summed E-state index contributed by atoms with van der Waals surface area (Å²) in [5.41, 5.74) is 12.7. The third kappa shape index (κ3) is 4.20. The molecule has 3 aromatic rings. The lowest BCUT2D eigenvalue weighted by Gasteiger charge is -2.27. The fraction of sp³-hybridized carbons (Fsp3) is 0.0909. The molecule has 9 nitrogen and oxygen atoms in total. The van der Waals surface area contributed by atoms with Gasteiger partial charge in [0.2, 0.25) is 5.96 Å². The van der Waals surface area contributed by atoms with Crippen LogP contribution in [-0.2, 0) is 6.61 Å². The molecular formula is C22H15F3N8O. The number of halogens is 3. The number of rotatable bonds is 4. The van der Waals surface area contributed by atoms with Crippen molar-refractivity contribution in [1.29, 1.82) is 10.5 Å². The quantitative estimate of drug-likeness (QED) is 0.339. The average molecular weight is 464 g/mol. The van der Waals surface area contributed by atoms with Gasteiger partial charge in [-0.3, -0.25) is 5.32 Å². The lowest BCUT2D eigenvalue weighted by atomic mass is 9.94. The number of aromatic nitrogens is 1. The lowest BCUT2D eigenvalue weighted by Crippen LogP contribution is -2.33. The SMILES string of the molecule is N#CNC1=NC(c2ccc(F)cc2OCc2cc(F)cc(F)c2)c2c(nc(N)c(C#N)c2N)N1. The van der Waals surface area contributed by atoms with E-state index in [0.717, 1.165) is 30.3 Å². The molecule has 12 heteroatoms. The monoisotopic (exact) mass is 464 g/mol. The van der Waals surface area contributed by atoms with Crippen LogP contribution in [0, 0.1) is 40.2 Å². The Kier molecular flexibility index (Phi) is 5.80. The van der Waals surface area contributed by atoms with Crippen molar-refractivity contribution >= 4 is 23.3 Å². The molecule has 1 aliphatic rings. The topological polar surface area (TPSA) is 158 Å². The number of nitrogen functional groups attached to an aromatic ring is 2. The van der Waals surface area contributed by atoms with Crippen LogP contribution in [0.15, 0.2) is 41.4 Å². The number of nitriles is 2. The van der Waals surface area contributed by atoms with Gasteiger partial charge < -0.3 is 21.5 Å². The van der Waals surface area contributed by atoms with Crippen molar-refractivity contribution in [2.24, 2.45) is 4.99 Å². The van der Waals surface area contributed by atoms with E-state index in [1.54, 1.807) is 6.19 Å². The largest absolute Gasteiger partial charge is 0.488 e. The van der Waals surface area contributed by atoms with Gasteiger partial charge >= 0.3 is 0 Å². The van der Waals surface area contributed by atoms with Crippen LogP contribution in [-0.4, -0.2) is 10.9 Å². The molecule has 0 saturated carbocycles. The lowest BCUT2D eigenvalue weighted by molar-refractivity contribution is 0.299. The summed E-state index contributed by atoms with van der Waals surface area (Å²) < 4.78 is 46.9. The van der Waals surface area contributed by atoms with E-state index in [9.17, 15) is 18.4 Å².